The quantitative estimate of drug-likeness (QED) is 0.209. The Morgan fingerprint density at radius 1 is 0.800 bits per heavy atom. The highest BCUT2D eigenvalue weighted by molar-refractivity contribution is 5.54. The highest BCUT2D eigenvalue weighted by Gasteiger charge is 2.14. The molecule has 0 aliphatic heterocycles. The van der Waals surface area contributed by atoms with Gasteiger partial charge >= 0.3 is 0 Å². The molecule has 160 valence electrons. The summed E-state index contributed by atoms with van der Waals surface area (Å²) in [4.78, 5) is 0. The van der Waals surface area contributed by atoms with E-state index in [0.717, 1.165) is 18.4 Å². The lowest BCUT2D eigenvalue weighted by atomic mass is 10.0. The number of halogens is 3. The summed E-state index contributed by atoms with van der Waals surface area (Å²) in [5.41, 5.74) is 1.60. The van der Waals surface area contributed by atoms with Crippen LogP contribution in [-0.2, 0) is 0 Å². The minimum atomic E-state index is -1.14. The minimum Gasteiger partial charge on any atom is -0.206 e. The highest BCUT2D eigenvalue weighted by atomic mass is 19.2. The Morgan fingerprint density at radius 3 is 1.90 bits per heavy atom. The molecule has 0 atom stereocenters. The zero-order valence-corrected chi connectivity index (χ0v) is 18.1. The molecule has 0 rings (SSSR count). The van der Waals surface area contributed by atoms with Crippen LogP contribution in [0.1, 0.15) is 33.1 Å². The Bertz CT molecular complexity index is 883. The van der Waals surface area contributed by atoms with Crippen LogP contribution in [0.25, 0.3) is 0 Å². The van der Waals surface area contributed by atoms with Crippen molar-refractivity contribution in [3.63, 3.8) is 0 Å². The molecule has 0 saturated heterocycles. The molecule has 0 nitrogen and oxygen atoms in total. The standard InChI is InChI=1S/C27H31F3/c1-10-12-14-19(4)23(8)25(28)17-22(7)18(3)15-16-20(5)24(9)27(30)26(29)21(6)13-11-2/h11,14-17H,2-3,5-10,12-13H2,1,4H3/b16-15-,19-14+,25-17+,27-26-. The van der Waals surface area contributed by atoms with E-state index in [2.05, 4.69) is 46.1 Å². The third-order valence-corrected chi connectivity index (χ3v) is 4.25. The van der Waals surface area contributed by atoms with Crippen molar-refractivity contribution in [1.82, 2.24) is 0 Å². The van der Waals surface area contributed by atoms with Gasteiger partial charge in [-0.2, -0.15) is 0 Å². The van der Waals surface area contributed by atoms with Gasteiger partial charge in [0.1, 0.15) is 5.83 Å². The molecule has 0 N–H and O–H groups in total. The van der Waals surface area contributed by atoms with E-state index in [-0.39, 0.29) is 28.7 Å². The van der Waals surface area contributed by atoms with Crippen molar-refractivity contribution in [2.24, 2.45) is 0 Å². The smallest absolute Gasteiger partial charge is 0.166 e. The van der Waals surface area contributed by atoms with Gasteiger partial charge in [0.15, 0.2) is 11.7 Å². The molecule has 30 heavy (non-hydrogen) atoms. The maximum atomic E-state index is 14.4. The average Bonchev–Trinajstić information content (AvgIpc) is 2.72. The van der Waals surface area contributed by atoms with Gasteiger partial charge < -0.3 is 0 Å². The molecule has 3 heteroatoms. The number of allylic oxidation sites excluding steroid dienone is 15. The molecule has 0 amide bonds. The van der Waals surface area contributed by atoms with Crippen LogP contribution in [0.5, 0.6) is 0 Å². The molecule has 0 heterocycles. The van der Waals surface area contributed by atoms with Crippen molar-refractivity contribution in [2.75, 3.05) is 0 Å². The first kappa shape index (κ1) is 26.9. The first-order valence-corrected chi connectivity index (χ1v) is 9.50. The number of hydrogen-bond donors (Lipinski definition) is 0. The Morgan fingerprint density at radius 2 is 1.37 bits per heavy atom. The summed E-state index contributed by atoms with van der Waals surface area (Å²) in [6.45, 7) is 29.3. The van der Waals surface area contributed by atoms with Gasteiger partial charge in [-0.25, -0.2) is 13.2 Å². The Balaban J connectivity index is 5.26. The van der Waals surface area contributed by atoms with Gasteiger partial charge in [0.25, 0.3) is 0 Å². The predicted molar refractivity (Wildman–Crippen MR) is 126 cm³/mol. The zero-order chi connectivity index (χ0) is 23.4. The fourth-order valence-corrected chi connectivity index (χ4v) is 2.11. The summed E-state index contributed by atoms with van der Waals surface area (Å²) in [6.07, 6.45) is 9.38. The van der Waals surface area contributed by atoms with E-state index in [1.807, 2.05) is 13.0 Å². The number of hydrogen-bond acceptors (Lipinski definition) is 0. The third kappa shape index (κ3) is 8.52. The maximum Gasteiger partial charge on any atom is 0.166 e. The van der Waals surface area contributed by atoms with Crippen molar-refractivity contribution in [1.29, 1.82) is 0 Å². The lowest BCUT2D eigenvalue weighted by molar-refractivity contribution is 0.555. The zero-order valence-electron chi connectivity index (χ0n) is 18.1. The lowest BCUT2D eigenvalue weighted by Crippen LogP contribution is -1.92. The monoisotopic (exact) mass is 412 g/mol. The molecule has 0 aromatic rings. The van der Waals surface area contributed by atoms with Crippen molar-refractivity contribution >= 4 is 0 Å². The van der Waals surface area contributed by atoms with Crippen LogP contribution < -0.4 is 0 Å². The SMILES string of the molecule is C=CCC(=C)/C(F)=C(/F)C(=C)C(=C)/C=C\C(=C)C(=C)/C=C(/F)C(=C)/C(C)=C/CCC. The summed E-state index contributed by atoms with van der Waals surface area (Å²) in [6, 6.07) is 0. The van der Waals surface area contributed by atoms with E-state index in [0.29, 0.717) is 11.1 Å². The summed E-state index contributed by atoms with van der Waals surface area (Å²) in [7, 11) is 0. The fraction of sp³-hybridized carbons (Fsp3) is 0.185. The van der Waals surface area contributed by atoms with Gasteiger partial charge in [-0.1, -0.05) is 77.1 Å². The largest absolute Gasteiger partial charge is 0.206 e. The second-order valence-corrected chi connectivity index (χ2v) is 6.76. The Hall–Kier alpha value is -3.07. The van der Waals surface area contributed by atoms with Crippen molar-refractivity contribution in [2.45, 2.75) is 33.1 Å². The van der Waals surface area contributed by atoms with Crippen LogP contribution in [0.4, 0.5) is 13.2 Å². The predicted octanol–water partition coefficient (Wildman–Crippen LogP) is 9.21. The number of unbranched alkanes of at least 4 members (excludes halogenated alkanes) is 1. The summed E-state index contributed by atoms with van der Waals surface area (Å²) in [5, 5.41) is 0. The fourth-order valence-electron chi connectivity index (χ4n) is 2.11. The van der Waals surface area contributed by atoms with Crippen LogP contribution in [0.2, 0.25) is 0 Å². The molecule has 0 fully saturated rings. The van der Waals surface area contributed by atoms with Gasteiger partial charge in [0.05, 0.1) is 0 Å². The molecule has 0 aliphatic carbocycles. The molecule has 0 aromatic carbocycles. The van der Waals surface area contributed by atoms with E-state index >= 15 is 0 Å². The van der Waals surface area contributed by atoms with E-state index < -0.39 is 17.5 Å². The molecule has 0 unspecified atom stereocenters. The molecule has 0 bridgehead atoms. The van der Waals surface area contributed by atoms with Crippen LogP contribution in [-0.4, -0.2) is 0 Å². The average molecular weight is 413 g/mol. The number of rotatable bonds is 13. The van der Waals surface area contributed by atoms with E-state index in [1.54, 1.807) is 6.92 Å². The first-order valence-electron chi connectivity index (χ1n) is 9.50. The van der Waals surface area contributed by atoms with Gasteiger partial charge in [-0.15, -0.1) is 6.58 Å². The van der Waals surface area contributed by atoms with Gasteiger partial charge in [0, 0.05) is 11.1 Å². The normalized spacial score (nSPS) is 13.0. The topological polar surface area (TPSA) is 0 Å². The van der Waals surface area contributed by atoms with Crippen LogP contribution >= 0.6 is 0 Å². The van der Waals surface area contributed by atoms with Crippen LogP contribution in [0.15, 0.2) is 133 Å². The van der Waals surface area contributed by atoms with Crippen LogP contribution in [0.3, 0.4) is 0 Å². The Labute approximate surface area is 179 Å². The molecule has 0 aliphatic rings. The van der Waals surface area contributed by atoms with E-state index in [9.17, 15) is 13.2 Å². The van der Waals surface area contributed by atoms with Gasteiger partial charge in [-0.3, -0.25) is 0 Å². The molecular formula is C27H31F3. The lowest BCUT2D eigenvalue weighted by Gasteiger charge is -2.07. The Kier molecular flexibility index (Phi) is 11.9. The van der Waals surface area contributed by atoms with Gasteiger partial charge in [0.2, 0.25) is 0 Å². The second-order valence-electron chi connectivity index (χ2n) is 6.76. The second kappa shape index (κ2) is 13.2. The molecule has 0 radical (unpaired) electrons. The first-order chi connectivity index (χ1) is 14.0. The third-order valence-electron chi connectivity index (χ3n) is 4.25. The molecular weight excluding hydrogens is 381 g/mol. The minimum absolute atomic E-state index is 0.0395. The van der Waals surface area contributed by atoms with Crippen LogP contribution in [0, 0.1) is 0 Å². The van der Waals surface area contributed by atoms with Crippen molar-refractivity contribution in [3.05, 3.63) is 133 Å². The van der Waals surface area contributed by atoms with E-state index in [1.165, 1.54) is 24.3 Å². The van der Waals surface area contributed by atoms with E-state index in [4.69, 9.17) is 0 Å². The summed E-state index contributed by atoms with van der Waals surface area (Å²) < 4.78 is 42.6. The van der Waals surface area contributed by atoms with Gasteiger partial charge in [-0.05, 0) is 53.7 Å². The molecule has 0 spiro atoms. The summed E-state index contributed by atoms with van der Waals surface area (Å²) in [5.74, 6) is -2.75. The summed E-state index contributed by atoms with van der Waals surface area (Å²) >= 11 is 0. The van der Waals surface area contributed by atoms with Crippen molar-refractivity contribution in [3.8, 4) is 0 Å². The molecule has 0 aromatic heterocycles. The van der Waals surface area contributed by atoms with Crippen molar-refractivity contribution < 1.29 is 13.2 Å². The molecule has 0 saturated carbocycles. The maximum absolute atomic E-state index is 14.4. The highest BCUT2D eigenvalue weighted by Crippen LogP contribution is 2.28.